The van der Waals surface area contributed by atoms with Gasteiger partial charge in [0.15, 0.2) is 0 Å². The molecule has 0 amide bonds. The molecule has 0 N–H and O–H groups in total. The lowest BCUT2D eigenvalue weighted by atomic mass is 10.1. The highest BCUT2D eigenvalue weighted by atomic mass is 15.1. The third-order valence-electron chi connectivity index (χ3n) is 3.02. The number of hydrogen-bond donors (Lipinski definition) is 0. The molecule has 0 aliphatic heterocycles. The zero-order valence-corrected chi connectivity index (χ0v) is 11.5. The highest BCUT2D eigenvalue weighted by molar-refractivity contribution is 5.61. The van der Waals surface area contributed by atoms with Crippen LogP contribution < -0.4 is 0 Å². The molecule has 0 spiro atoms. The summed E-state index contributed by atoms with van der Waals surface area (Å²) in [4.78, 5) is 4.58. The molecule has 1 aromatic heterocycles. The van der Waals surface area contributed by atoms with Crippen LogP contribution in [0.1, 0.15) is 19.0 Å². The number of imidazole rings is 1. The quantitative estimate of drug-likeness (QED) is 0.703. The Morgan fingerprint density at radius 1 is 1.32 bits per heavy atom. The van der Waals surface area contributed by atoms with Gasteiger partial charge in [0.25, 0.3) is 0 Å². The topological polar surface area (TPSA) is 17.8 Å². The Bertz CT molecular complexity index is 564. The van der Waals surface area contributed by atoms with Gasteiger partial charge in [0.2, 0.25) is 0 Å². The van der Waals surface area contributed by atoms with Gasteiger partial charge in [0.05, 0.1) is 12.0 Å². The van der Waals surface area contributed by atoms with Crippen LogP contribution >= 0.6 is 0 Å². The summed E-state index contributed by atoms with van der Waals surface area (Å²) in [6.07, 6.45) is 5.78. The van der Waals surface area contributed by atoms with Crippen LogP contribution in [0.25, 0.3) is 11.3 Å². The van der Waals surface area contributed by atoms with Crippen molar-refractivity contribution in [2.75, 3.05) is 0 Å². The molecule has 2 aromatic rings. The third kappa shape index (κ3) is 3.22. The summed E-state index contributed by atoms with van der Waals surface area (Å²) in [5.41, 5.74) is 4.64. The SMILES string of the molecule is C=CCCc1c(-c2ccccc2)ncn1CC(=C)C. The highest BCUT2D eigenvalue weighted by Gasteiger charge is 2.11. The van der Waals surface area contributed by atoms with E-state index in [0.29, 0.717) is 0 Å². The van der Waals surface area contributed by atoms with Crippen LogP contribution in [0.4, 0.5) is 0 Å². The van der Waals surface area contributed by atoms with Gasteiger partial charge < -0.3 is 4.57 Å². The molecule has 0 radical (unpaired) electrons. The van der Waals surface area contributed by atoms with Gasteiger partial charge in [-0.15, -0.1) is 6.58 Å². The highest BCUT2D eigenvalue weighted by Crippen LogP contribution is 2.23. The average Bonchev–Trinajstić information content (AvgIpc) is 2.79. The van der Waals surface area contributed by atoms with Crippen molar-refractivity contribution in [2.45, 2.75) is 26.3 Å². The molecule has 0 unspecified atom stereocenters. The minimum atomic E-state index is 0.826. The van der Waals surface area contributed by atoms with Crippen molar-refractivity contribution in [3.8, 4) is 11.3 Å². The minimum absolute atomic E-state index is 0.826. The molecule has 0 fully saturated rings. The molecule has 2 rings (SSSR count). The fraction of sp³-hybridized carbons (Fsp3) is 0.235. The second-order valence-electron chi connectivity index (χ2n) is 4.82. The molecule has 2 heteroatoms. The number of benzene rings is 1. The predicted octanol–water partition coefficient (Wildman–Crippen LogP) is 4.24. The Kier molecular flexibility index (Phi) is 4.35. The fourth-order valence-electron chi connectivity index (χ4n) is 2.17. The van der Waals surface area contributed by atoms with Crippen LogP contribution in [0.3, 0.4) is 0 Å². The van der Waals surface area contributed by atoms with Gasteiger partial charge in [0, 0.05) is 17.8 Å². The fourth-order valence-corrected chi connectivity index (χ4v) is 2.17. The van der Waals surface area contributed by atoms with Crippen molar-refractivity contribution in [1.29, 1.82) is 0 Å². The van der Waals surface area contributed by atoms with Gasteiger partial charge in [-0.1, -0.05) is 48.6 Å². The summed E-state index contributed by atoms with van der Waals surface area (Å²) >= 11 is 0. The Balaban J connectivity index is 2.40. The van der Waals surface area contributed by atoms with E-state index in [4.69, 9.17) is 0 Å². The molecule has 0 atom stereocenters. The molecular formula is C17H20N2. The lowest BCUT2D eigenvalue weighted by molar-refractivity contribution is 0.726. The van der Waals surface area contributed by atoms with Crippen LogP contribution in [-0.4, -0.2) is 9.55 Å². The van der Waals surface area contributed by atoms with Crippen LogP contribution in [0.5, 0.6) is 0 Å². The predicted molar refractivity (Wildman–Crippen MR) is 81.0 cm³/mol. The van der Waals surface area contributed by atoms with Crippen molar-refractivity contribution >= 4 is 0 Å². The van der Waals surface area contributed by atoms with Gasteiger partial charge in [0.1, 0.15) is 0 Å². The number of aromatic nitrogens is 2. The number of nitrogens with zero attached hydrogens (tertiary/aromatic N) is 2. The van der Waals surface area contributed by atoms with Crippen molar-refractivity contribution in [3.05, 3.63) is 67.2 Å². The van der Waals surface area contributed by atoms with Crippen molar-refractivity contribution < 1.29 is 0 Å². The summed E-state index contributed by atoms with van der Waals surface area (Å²) in [5, 5.41) is 0. The molecule has 0 saturated heterocycles. The second-order valence-corrected chi connectivity index (χ2v) is 4.82. The first kappa shape index (κ1) is 13.3. The first-order valence-corrected chi connectivity index (χ1v) is 6.57. The van der Waals surface area contributed by atoms with Gasteiger partial charge in [-0.25, -0.2) is 4.98 Å². The smallest absolute Gasteiger partial charge is 0.0959 e. The minimum Gasteiger partial charge on any atom is -0.330 e. The van der Waals surface area contributed by atoms with E-state index >= 15 is 0 Å². The Labute approximate surface area is 115 Å². The zero-order valence-electron chi connectivity index (χ0n) is 11.5. The van der Waals surface area contributed by atoms with Gasteiger partial charge in [-0.05, 0) is 19.8 Å². The Morgan fingerprint density at radius 2 is 2.05 bits per heavy atom. The molecule has 0 aliphatic carbocycles. The van der Waals surface area contributed by atoms with Gasteiger partial charge in [-0.2, -0.15) is 0 Å². The van der Waals surface area contributed by atoms with E-state index in [-0.39, 0.29) is 0 Å². The molecule has 98 valence electrons. The summed E-state index contributed by atoms with van der Waals surface area (Å²) in [6, 6.07) is 10.3. The zero-order chi connectivity index (χ0) is 13.7. The van der Waals surface area contributed by atoms with Crippen LogP contribution in [-0.2, 0) is 13.0 Å². The van der Waals surface area contributed by atoms with E-state index in [1.807, 2.05) is 37.5 Å². The Morgan fingerprint density at radius 3 is 2.68 bits per heavy atom. The molecule has 0 aliphatic rings. The third-order valence-corrected chi connectivity index (χ3v) is 3.02. The number of allylic oxidation sites excluding steroid dienone is 2. The second kappa shape index (κ2) is 6.19. The monoisotopic (exact) mass is 252 g/mol. The van der Waals surface area contributed by atoms with Crippen molar-refractivity contribution in [2.24, 2.45) is 0 Å². The maximum Gasteiger partial charge on any atom is 0.0959 e. The average molecular weight is 252 g/mol. The molecule has 1 heterocycles. The number of rotatable bonds is 6. The molecule has 0 saturated carbocycles. The van der Waals surface area contributed by atoms with Crippen LogP contribution in [0.15, 0.2) is 61.5 Å². The largest absolute Gasteiger partial charge is 0.330 e. The van der Waals surface area contributed by atoms with E-state index < -0.39 is 0 Å². The maximum atomic E-state index is 4.58. The summed E-state index contributed by atoms with van der Waals surface area (Å²) < 4.78 is 2.19. The first-order valence-electron chi connectivity index (χ1n) is 6.57. The van der Waals surface area contributed by atoms with E-state index in [2.05, 4.69) is 34.8 Å². The first-order chi connectivity index (χ1) is 9.22. The van der Waals surface area contributed by atoms with Crippen LogP contribution in [0, 0.1) is 0 Å². The summed E-state index contributed by atoms with van der Waals surface area (Å²) in [7, 11) is 0. The van der Waals surface area contributed by atoms with Crippen molar-refractivity contribution in [3.63, 3.8) is 0 Å². The van der Waals surface area contributed by atoms with E-state index in [0.717, 1.165) is 30.7 Å². The standard InChI is InChI=1S/C17H20N2/c1-4-5-11-16-17(15-9-7-6-8-10-15)18-13-19(16)12-14(2)3/h4,6-10,13H,1-2,5,11-12H2,3H3. The van der Waals surface area contributed by atoms with Crippen LogP contribution in [0.2, 0.25) is 0 Å². The summed E-state index contributed by atoms with van der Waals surface area (Å²) in [6.45, 7) is 10.7. The van der Waals surface area contributed by atoms with Gasteiger partial charge in [-0.3, -0.25) is 0 Å². The maximum absolute atomic E-state index is 4.58. The van der Waals surface area contributed by atoms with E-state index in [1.165, 1.54) is 11.3 Å². The van der Waals surface area contributed by atoms with E-state index in [1.54, 1.807) is 0 Å². The summed E-state index contributed by atoms with van der Waals surface area (Å²) in [5.74, 6) is 0. The molecule has 19 heavy (non-hydrogen) atoms. The Hall–Kier alpha value is -2.09. The van der Waals surface area contributed by atoms with Crippen molar-refractivity contribution in [1.82, 2.24) is 9.55 Å². The lowest BCUT2D eigenvalue weighted by Crippen LogP contribution is -2.03. The van der Waals surface area contributed by atoms with Gasteiger partial charge >= 0.3 is 0 Å². The molecule has 1 aromatic carbocycles. The normalized spacial score (nSPS) is 10.4. The number of hydrogen-bond acceptors (Lipinski definition) is 1. The molecule has 2 nitrogen and oxygen atoms in total. The van der Waals surface area contributed by atoms with E-state index in [9.17, 15) is 0 Å². The molecular weight excluding hydrogens is 232 g/mol. The lowest BCUT2D eigenvalue weighted by Gasteiger charge is -2.09. The molecule has 0 bridgehead atoms.